The summed E-state index contributed by atoms with van der Waals surface area (Å²) in [7, 11) is 0. The van der Waals surface area contributed by atoms with Crippen molar-refractivity contribution >= 4 is 0 Å². The van der Waals surface area contributed by atoms with Crippen molar-refractivity contribution in [2.24, 2.45) is 0 Å². The van der Waals surface area contributed by atoms with E-state index in [9.17, 15) is 10.2 Å². The van der Waals surface area contributed by atoms with E-state index in [1.807, 2.05) is 26.0 Å². The van der Waals surface area contributed by atoms with Crippen LogP contribution in [0.1, 0.15) is 42.2 Å². The smallest absolute Gasteiger partial charge is 0.122 e. The van der Waals surface area contributed by atoms with E-state index in [4.69, 9.17) is 4.74 Å². The fraction of sp³-hybridized carbons (Fsp3) is 0.353. The van der Waals surface area contributed by atoms with Gasteiger partial charge in [0.2, 0.25) is 0 Å². The maximum atomic E-state index is 10.3. The van der Waals surface area contributed by atoms with Crippen LogP contribution in [0, 0.1) is 13.8 Å². The number of rotatable bonds is 4. The molecule has 1 aromatic carbocycles. The highest BCUT2D eigenvalue weighted by Crippen LogP contribution is 2.40. The summed E-state index contributed by atoms with van der Waals surface area (Å²) < 4.78 is 5.97. The Balaban J connectivity index is 2.60. The van der Waals surface area contributed by atoms with Crippen molar-refractivity contribution in [3.05, 3.63) is 52.8 Å². The Morgan fingerprint density at radius 1 is 1.19 bits per heavy atom. The molecule has 2 aromatic rings. The molecule has 1 heterocycles. The summed E-state index contributed by atoms with van der Waals surface area (Å²) in [5, 5.41) is 20.5. The van der Waals surface area contributed by atoms with Gasteiger partial charge < -0.3 is 14.9 Å². The second kappa shape index (κ2) is 6.14. The molecule has 0 spiro atoms. The minimum Gasteiger partial charge on any atom is -0.508 e. The highest BCUT2D eigenvalue weighted by molar-refractivity contribution is 5.54. The summed E-state index contributed by atoms with van der Waals surface area (Å²) in [6.07, 6.45) is 2.90. The van der Waals surface area contributed by atoms with E-state index in [0.717, 1.165) is 5.56 Å². The van der Waals surface area contributed by atoms with Crippen molar-refractivity contribution in [3.8, 4) is 11.5 Å². The van der Waals surface area contributed by atoms with Crippen LogP contribution in [0.5, 0.6) is 11.5 Å². The van der Waals surface area contributed by atoms with Crippen molar-refractivity contribution in [1.29, 1.82) is 0 Å². The van der Waals surface area contributed by atoms with Crippen molar-refractivity contribution < 1.29 is 14.9 Å². The van der Waals surface area contributed by atoms with Crippen LogP contribution in [0.4, 0.5) is 0 Å². The molecule has 0 saturated heterocycles. The Bertz CT molecular complexity index is 624. The summed E-state index contributed by atoms with van der Waals surface area (Å²) in [4.78, 5) is 4.11. The number of pyridine rings is 1. The third kappa shape index (κ3) is 3.16. The number of ether oxygens (including phenoxy) is 1. The maximum Gasteiger partial charge on any atom is 0.122 e. The average Bonchev–Trinajstić information content (AvgIpc) is 2.44. The normalized spacial score (nSPS) is 12.6. The topological polar surface area (TPSA) is 62.6 Å². The first-order valence-electron chi connectivity index (χ1n) is 6.99. The van der Waals surface area contributed by atoms with Gasteiger partial charge in [0.15, 0.2) is 0 Å². The number of hydrogen-bond donors (Lipinski definition) is 2. The molecule has 1 atom stereocenters. The number of nitrogens with zero attached hydrogens (tertiary/aromatic N) is 1. The van der Waals surface area contributed by atoms with Crippen LogP contribution in [0.2, 0.25) is 0 Å². The summed E-state index contributed by atoms with van der Waals surface area (Å²) in [5.41, 5.74) is 2.69. The molecule has 0 aliphatic rings. The molecule has 1 unspecified atom stereocenters. The van der Waals surface area contributed by atoms with E-state index in [0.29, 0.717) is 16.7 Å². The Hall–Kier alpha value is -2.07. The number of aryl methyl sites for hydroxylation is 1. The Morgan fingerprint density at radius 3 is 2.48 bits per heavy atom. The summed E-state index contributed by atoms with van der Waals surface area (Å²) in [6, 6.07) is 5.28. The fourth-order valence-corrected chi connectivity index (χ4v) is 2.41. The molecule has 4 nitrogen and oxygen atoms in total. The molecule has 0 saturated carbocycles. The number of aromatic nitrogens is 1. The average molecular weight is 287 g/mol. The van der Waals surface area contributed by atoms with E-state index < -0.39 is 6.10 Å². The molecule has 21 heavy (non-hydrogen) atoms. The highest BCUT2D eigenvalue weighted by atomic mass is 16.5. The molecular weight excluding hydrogens is 266 g/mol. The SMILES string of the molecule is Cc1cc(O)c(C(OC(C)C)c2cccnc2)c(C)c1O. The van der Waals surface area contributed by atoms with Gasteiger partial charge in [0.05, 0.1) is 6.10 Å². The van der Waals surface area contributed by atoms with Crippen LogP contribution in [-0.2, 0) is 4.74 Å². The molecule has 0 fully saturated rings. The molecule has 0 bridgehead atoms. The molecule has 2 N–H and O–H groups in total. The van der Waals surface area contributed by atoms with Crippen molar-refractivity contribution in [2.75, 3.05) is 0 Å². The summed E-state index contributed by atoms with van der Waals surface area (Å²) >= 11 is 0. The quantitative estimate of drug-likeness (QED) is 0.843. The second-order valence-corrected chi connectivity index (χ2v) is 5.45. The van der Waals surface area contributed by atoms with Crippen molar-refractivity contribution in [2.45, 2.75) is 39.9 Å². The first kappa shape index (κ1) is 15.3. The molecule has 0 aliphatic carbocycles. The zero-order valence-electron chi connectivity index (χ0n) is 12.8. The van der Waals surface area contributed by atoms with Gasteiger partial charge in [-0.1, -0.05) is 6.07 Å². The van der Waals surface area contributed by atoms with Gasteiger partial charge in [-0.3, -0.25) is 4.98 Å². The molecular formula is C17H21NO3. The van der Waals surface area contributed by atoms with E-state index in [1.54, 1.807) is 32.3 Å². The predicted octanol–water partition coefficient (Wildman–Crippen LogP) is 3.62. The molecule has 4 heteroatoms. The second-order valence-electron chi connectivity index (χ2n) is 5.45. The summed E-state index contributed by atoms with van der Waals surface area (Å²) in [5.74, 6) is 0.307. The van der Waals surface area contributed by atoms with Gasteiger partial charge in [0.25, 0.3) is 0 Å². The largest absolute Gasteiger partial charge is 0.508 e. The van der Waals surface area contributed by atoms with Gasteiger partial charge in [-0.25, -0.2) is 0 Å². The first-order valence-corrected chi connectivity index (χ1v) is 6.99. The monoisotopic (exact) mass is 287 g/mol. The number of benzene rings is 1. The predicted molar refractivity (Wildman–Crippen MR) is 81.5 cm³/mol. The molecule has 0 aliphatic heterocycles. The summed E-state index contributed by atoms with van der Waals surface area (Å²) in [6.45, 7) is 7.41. The lowest BCUT2D eigenvalue weighted by Gasteiger charge is -2.24. The Labute approximate surface area is 125 Å². The van der Waals surface area contributed by atoms with Gasteiger partial charge in [-0.2, -0.15) is 0 Å². The zero-order chi connectivity index (χ0) is 15.6. The number of aromatic hydroxyl groups is 2. The Morgan fingerprint density at radius 2 is 1.90 bits per heavy atom. The van der Waals surface area contributed by atoms with E-state index >= 15 is 0 Å². The van der Waals surface area contributed by atoms with E-state index in [2.05, 4.69) is 4.98 Å². The van der Waals surface area contributed by atoms with Crippen molar-refractivity contribution in [1.82, 2.24) is 4.98 Å². The lowest BCUT2D eigenvalue weighted by atomic mass is 9.94. The van der Waals surface area contributed by atoms with Gasteiger partial charge >= 0.3 is 0 Å². The number of phenols is 2. The van der Waals surface area contributed by atoms with E-state index in [1.165, 1.54) is 0 Å². The van der Waals surface area contributed by atoms with Crippen LogP contribution in [-0.4, -0.2) is 21.3 Å². The van der Waals surface area contributed by atoms with Crippen LogP contribution >= 0.6 is 0 Å². The molecule has 1 aromatic heterocycles. The lowest BCUT2D eigenvalue weighted by Crippen LogP contribution is -2.14. The first-order chi connectivity index (χ1) is 9.91. The van der Waals surface area contributed by atoms with Crippen LogP contribution in [0.25, 0.3) is 0 Å². The molecule has 0 amide bonds. The van der Waals surface area contributed by atoms with E-state index in [-0.39, 0.29) is 17.6 Å². The van der Waals surface area contributed by atoms with Crippen molar-refractivity contribution in [3.63, 3.8) is 0 Å². The number of hydrogen-bond acceptors (Lipinski definition) is 4. The van der Waals surface area contributed by atoms with Crippen LogP contribution in [0.3, 0.4) is 0 Å². The zero-order valence-corrected chi connectivity index (χ0v) is 12.8. The third-order valence-electron chi connectivity index (χ3n) is 3.42. The minimum atomic E-state index is -0.467. The number of phenolic OH excluding ortho intramolecular Hbond substituents is 2. The molecule has 2 rings (SSSR count). The highest BCUT2D eigenvalue weighted by Gasteiger charge is 2.24. The van der Waals surface area contributed by atoms with Crippen LogP contribution < -0.4 is 0 Å². The minimum absolute atomic E-state index is 0.0301. The molecule has 112 valence electrons. The lowest BCUT2D eigenvalue weighted by molar-refractivity contribution is 0.0285. The molecule has 0 radical (unpaired) electrons. The van der Waals surface area contributed by atoms with Gasteiger partial charge in [0, 0.05) is 29.1 Å². The fourth-order valence-electron chi connectivity index (χ4n) is 2.41. The Kier molecular flexibility index (Phi) is 4.48. The third-order valence-corrected chi connectivity index (χ3v) is 3.42. The van der Waals surface area contributed by atoms with Crippen LogP contribution in [0.15, 0.2) is 30.6 Å². The maximum absolute atomic E-state index is 10.3. The van der Waals surface area contributed by atoms with Gasteiger partial charge in [-0.15, -0.1) is 0 Å². The van der Waals surface area contributed by atoms with Gasteiger partial charge in [-0.05, 0) is 45.4 Å². The van der Waals surface area contributed by atoms with Gasteiger partial charge in [0.1, 0.15) is 17.6 Å². The standard InChI is InChI=1S/C17H21NO3/c1-10(2)21-17(13-6-5-7-18-9-13)15-12(4)16(20)11(3)8-14(15)19/h5-10,17,19-20H,1-4H3.